The van der Waals surface area contributed by atoms with Gasteiger partial charge in [-0.2, -0.15) is 0 Å². The molecule has 0 spiro atoms. The average molecular weight is 429 g/mol. The van der Waals surface area contributed by atoms with Crippen LogP contribution in [0.5, 0.6) is 5.75 Å². The lowest BCUT2D eigenvalue weighted by Crippen LogP contribution is -2.15. The highest BCUT2D eigenvalue weighted by Gasteiger charge is 2.14. The van der Waals surface area contributed by atoms with Crippen LogP contribution in [-0.4, -0.2) is 22.7 Å². The Kier molecular flexibility index (Phi) is 12.2. The third-order valence-corrected chi connectivity index (χ3v) is 6.06. The van der Waals surface area contributed by atoms with E-state index in [0.29, 0.717) is 13.0 Å². The maximum atomic E-state index is 13.9. The molecule has 0 aliphatic heterocycles. The van der Waals surface area contributed by atoms with Crippen LogP contribution in [0.4, 0.5) is 4.39 Å². The van der Waals surface area contributed by atoms with Gasteiger partial charge in [-0.15, -0.1) is 0 Å². The zero-order valence-corrected chi connectivity index (χ0v) is 19.8. The number of rotatable bonds is 16. The fourth-order valence-electron chi connectivity index (χ4n) is 3.63. The highest BCUT2D eigenvalue weighted by Crippen LogP contribution is 2.21. The average Bonchev–Trinajstić information content (AvgIpc) is 2.81. The Morgan fingerprint density at radius 3 is 2.10 bits per heavy atom. The second-order valence-electron chi connectivity index (χ2n) is 8.70. The van der Waals surface area contributed by atoms with Crippen LogP contribution in [-0.2, 0) is 6.42 Å². The highest BCUT2D eigenvalue weighted by atomic mass is 19.1. The van der Waals surface area contributed by atoms with E-state index in [-0.39, 0.29) is 5.92 Å². The molecule has 1 heterocycles. The van der Waals surface area contributed by atoms with E-state index in [1.54, 1.807) is 0 Å². The first kappa shape index (κ1) is 25.3. The Balaban J connectivity index is 1.70. The van der Waals surface area contributed by atoms with Crippen molar-refractivity contribution in [3.05, 3.63) is 42.2 Å². The van der Waals surface area contributed by atoms with Crippen molar-refractivity contribution in [2.45, 2.75) is 97.6 Å². The van der Waals surface area contributed by atoms with E-state index >= 15 is 0 Å². The molecule has 2 rings (SSSR count). The van der Waals surface area contributed by atoms with Crippen molar-refractivity contribution in [3.8, 4) is 17.1 Å². The molecule has 1 aromatic carbocycles. The normalized spacial score (nSPS) is 13.2. The molecule has 0 amide bonds. The number of aryl methyl sites for hydroxylation is 1. The lowest BCUT2D eigenvalue weighted by atomic mass is 10.0. The standard InChI is InChI=1S/C27H41FN2O/c1-4-6-7-8-9-10-11-12-13-23-20-29-27(30-21-23)24-14-16-25(17-15-24)31-19-18-26(28)22(3)5-2/h14-17,20-22,26H,4-13,18-19H2,1-3H3. The summed E-state index contributed by atoms with van der Waals surface area (Å²) >= 11 is 0. The monoisotopic (exact) mass is 428 g/mol. The predicted molar refractivity (Wildman–Crippen MR) is 128 cm³/mol. The van der Waals surface area contributed by atoms with E-state index in [4.69, 9.17) is 4.74 Å². The van der Waals surface area contributed by atoms with Gasteiger partial charge in [0.2, 0.25) is 0 Å². The van der Waals surface area contributed by atoms with Crippen LogP contribution in [0.3, 0.4) is 0 Å². The van der Waals surface area contributed by atoms with Gasteiger partial charge in [0, 0.05) is 24.4 Å². The van der Waals surface area contributed by atoms with Crippen molar-refractivity contribution in [1.82, 2.24) is 9.97 Å². The summed E-state index contributed by atoms with van der Waals surface area (Å²) in [5.74, 6) is 1.57. The molecule has 0 aliphatic rings. The first-order valence-corrected chi connectivity index (χ1v) is 12.3. The van der Waals surface area contributed by atoms with Gasteiger partial charge in [0.05, 0.1) is 6.61 Å². The summed E-state index contributed by atoms with van der Waals surface area (Å²) < 4.78 is 19.6. The molecule has 0 radical (unpaired) electrons. The third kappa shape index (κ3) is 9.80. The number of alkyl halides is 1. The zero-order chi connectivity index (χ0) is 22.3. The molecule has 172 valence electrons. The van der Waals surface area contributed by atoms with Gasteiger partial charge in [-0.3, -0.25) is 0 Å². The topological polar surface area (TPSA) is 35.0 Å². The van der Waals surface area contributed by atoms with Crippen molar-refractivity contribution < 1.29 is 9.13 Å². The Morgan fingerprint density at radius 2 is 1.48 bits per heavy atom. The number of ether oxygens (including phenoxy) is 1. The summed E-state index contributed by atoms with van der Waals surface area (Å²) in [4.78, 5) is 9.08. The van der Waals surface area contributed by atoms with Crippen molar-refractivity contribution in [2.75, 3.05) is 6.61 Å². The molecule has 1 aromatic heterocycles. The third-order valence-electron chi connectivity index (χ3n) is 6.06. The predicted octanol–water partition coefficient (Wildman–Crippen LogP) is 7.98. The Bertz CT molecular complexity index is 702. The smallest absolute Gasteiger partial charge is 0.159 e. The summed E-state index contributed by atoms with van der Waals surface area (Å²) in [6, 6.07) is 7.74. The van der Waals surface area contributed by atoms with Crippen LogP contribution in [0, 0.1) is 5.92 Å². The molecule has 0 bridgehead atoms. The first-order chi connectivity index (χ1) is 15.1. The quantitative estimate of drug-likeness (QED) is 0.254. The maximum Gasteiger partial charge on any atom is 0.159 e. The molecule has 3 nitrogen and oxygen atoms in total. The van der Waals surface area contributed by atoms with Crippen molar-refractivity contribution in [1.29, 1.82) is 0 Å². The second-order valence-corrected chi connectivity index (χ2v) is 8.70. The summed E-state index contributed by atoms with van der Waals surface area (Å²) in [5, 5.41) is 0. The minimum atomic E-state index is -0.804. The van der Waals surface area contributed by atoms with E-state index in [1.807, 2.05) is 50.5 Å². The summed E-state index contributed by atoms with van der Waals surface area (Å²) in [5.41, 5.74) is 2.17. The zero-order valence-electron chi connectivity index (χ0n) is 19.8. The molecule has 0 aliphatic carbocycles. The van der Waals surface area contributed by atoms with Gasteiger partial charge >= 0.3 is 0 Å². The number of aromatic nitrogens is 2. The van der Waals surface area contributed by atoms with Crippen molar-refractivity contribution >= 4 is 0 Å². The number of hydrogen-bond donors (Lipinski definition) is 0. The molecule has 0 saturated heterocycles. The van der Waals surface area contributed by atoms with E-state index in [0.717, 1.165) is 30.0 Å². The number of hydrogen-bond acceptors (Lipinski definition) is 3. The van der Waals surface area contributed by atoms with Gasteiger partial charge in [0.1, 0.15) is 11.9 Å². The Morgan fingerprint density at radius 1 is 0.871 bits per heavy atom. The van der Waals surface area contributed by atoms with Crippen LogP contribution in [0.15, 0.2) is 36.7 Å². The van der Waals surface area contributed by atoms with Crippen LogP contribution < -0.4 is 4.74 Å². The van der Waals surface area contributed by atoms with Crippen molar-refractivity contribution in [3.63, 3.8) is 0 Å². The number of halogens is 1. The molecule has 0 N–H and O–H groups in total. The SMILES string of the molecule is CCCCCCCCCCc1cnc(-c2ccc(OCCC(F)C(C)CC)cc2)nc1. The van der Waals surface area contributed by atoms with Gasteiger partial charge in [-0.1, -0.05) is 72.1 Å². The van der Waals surface area contributed by atoms with Gasteiger partial charge < -0.3 is 4.74 Å². The lowest BCUT2D eigenvalue weighted by Gasteiger charge is -2.15. The van der Waals surface area contributed by atoms with Gasteiger partial charge in [0.25, 0.3) is 0 Å². The lowest BCUT2D eigenvalue weighted by molar-refractivity contribution is 0.182. The van der Waals surface area contributed by atoms with E-state index < -0.39 is 6.17 Å². The maximum absolute atomic E-state index is 13.9. The van der Waals surface area contributed by atoms with E-state index in [9.17, 15) is 4.39 Å². The molecular formula is C27H41FN2O. The fraction of sp³-hybridized carbons (Fsp3) is 0.630. The molecular weight excluding hydrogens is 387 g/mol. The molecule has 4 heteroatoms. The van der Waals surface area contributed by atoms with Crippen LogP contribution in [0.2, 0.25) is 0 Å². The van der Waals surface area contributed by atoms with E-state index in [2.05, 4.69) is 16.9 Å². The summed E-state index contributed by atoms with van der Waals surface area (Å²) in [6.07, 6.45) is 16.1. The number of unbranched alkanes of at least 4 members (excludes halogenated alkanes) is 7. The summed E-state index contributed by atoms with van der Waals surface area (Å²) in [6.45, 7) is 6.62. The largest absolute Gasteiger partial charge is 0.493 e. The molecule has 0 fully saturated rings. The number of nitrogens with zero attached hydrogens (tertiary/aromatic N) is 2. The van der Waals surface area contributed by atoms with E-state index in [1.165, 1.54) is 56.9 Å². The number of benzene rings is 1. The minimum Gasteiger partial charge on any atom is -0.493 e. The molecule has 2 unspecified atom stereocenters. The van der Waals surface area contributed by atoms with Crippen LogP contribution in [0.25, 0.3) is 11.4 Å². The van der Waals surface area contributed by atoms with Gasteiger partial charge in [0.15, 0.2) is 5.82 Å². The fourth-order valence-corrected chi connectivity index (χ4v) is 3.63. The molecule has 2 atom stereocenters. The van der Waals surface area contributed by atoms with Crippen molar-refractivity contribution in [2.24, 2.45) is 5.92 Å². The first-order valence-electron chi connectivity index (χ1n) is 12.3. The van der Waals surface area contributed by atoms with Crippen LogP contribution >= 0.6 is 0 Å². The van der Waals surface area contributed by atoms with Gasteiger partial charge in [-0.25, -0.2) is 14.4 Å². The second kappa shape index (κ2) is 14.9. The Labute approximate surface area is 188 Å². The molecule has 2 aromatic rings. The molecule has 0 saturated carbocycles. The summed E-state index contributed by atoms with van der Waals surface area (Å²) in [7, 11) is 0. The van der Waals surface area contributed by atoms with Crippen LogP contribution in [0.1, 0.15) is 90.5 Å². The Hall–Kier alpha value is -1.97. The van der Waals surface area contributed by atoms with Gasteiger partial charge in [-0.05, 0) is 48.6 Å². The minimum absolute atomic E-state index is 0.0849. The highest BCUT2D eigenvalue weighted by molar-refractivity contribution is 5.55. The molecule has 31 heavy (non-hydrogen) atoms.